The lowest BCUT2D eigenvalue weighted by Crippen LogP contribution is -2.36. The van der Waals surface area contributed by atoms with E-state index in [1.54, 1.807) is 0 Å². The van der Waals surface area contributed by atoms with Gasteiger partial charge in [-0.15, -0.1) is 0 Å². The van der Waals surface area contributed by atoms with Gasteiger partial charge in [0, 0.05) is 12.1 Å². The maximum Gasteiger partial charge on any atom is 0.310 e. The zero-order chi connectivity index (χ0) is 23.4. The number of carbonyl (C=O) groups excluding carboxylic acids is 2. The lowest BCUT2D eigenvalue weighted by molar-refractivity contribution is -0.149. The third kappa shape index (κ3) is 7.86. The van der Waals surface area contributed by atoms with Crippen molar-refractivity contribution in [2.24, 2.45) is 22.2 Å². The van der Waals surface area contributed by atoms with Gasteiger partial charge in [0.25, 0.3) is 0 Å². The summed E-state index contributed by atoms with van der Waals surface area (Å²) in [5, 5.41) is 0. The average molecular weight is 442 g/mol. The minimum atomic E-state index is -0.451. The maximum absolute atomic E-state index is 13.0. The molecule has 0 amide bonds. The van der Waals surface area contributed by atoms with E-state index in [1.807, 2.05) is 32.0 Å². The summed E-state index contributed by atoms with van der Waals surface area (Å²) in [7, 11) is 1.42. The van der Waals surface area contributed by atoms with Gasteiger partial charge in [-0.2, -0.15) is 0 Å². The molecule has 2 atom stereocenters. The fourth-order valence-corrected chi connectivity index (χ4v) is 4.99. The van der Waals surface area contributed by atoms with E-state index < -0.39 is 17.3 Å². The Hall–Kier alpha value is -1.97. The normalized spacial score (nSPS) is 20.5. The van der Waals surface area contributed by atoms with Gasteiger partial charge in [-0.1, -0.05) is 102 Å². The molecule has 1 aliphatic carbocycles. The number of methoxy groups -OCH3 is 1. The van der Waals surface area contributed by atoms with Crippen molar-refractivity contribution in [1.29, 1.82) is 0 Å². The molecule has 0 N–H and O–H groups in total. The molecule has 0 radical (unpaired) electrons. The Morgan fingerprint density at radius 3 is 2.19 bits per heavy atom. The Morgan fingerprint density at radius 1 is 1.00 bits per heavy atom. The van der Waals surface area contributed by atoms with Gasteiger partial charge in [-0.05, 0) is 23.8 Å². The molecular formula is C28H43NO3. The Bertz CT molecular complexity index is 738. The molecule has 2 rings (SSSR count). The predicted octanol–water partition coefficient (Wildman–Crippen LogP) is 6.95. The first-order valence-electron chi connectivity index (χ1n) is 12.6. The van der Waals surface area contributed by atoms with E-state index in [1.165, 1.54) is 52.1 Å². The summed E-state index contributed by atoms with van der Waals surface area (Å²) in [5.74, 6) is -1.05. The molecule has 32 heavy (non-hydrogen) atoms. The second-order valence-electron chi connectivity index (χ2n) is 9.98. The number of esters is 1. The first-order chi connectivity index (χ1) is 15.4. The zero-order valence-electron chi connectivity index (χ0n) is 20.7. The van der Waals surface area contributed by atoms with E-state index in [4.69, 9.17) is 9.73 Å². The van der Waals surface area contributed by atoms with Gasteiger partial charge in [0.2, 0.25) is 0 Å². The predicted molar refractivity (Wildman–Crippen MR) is 132 cm³/mol. The van der Waals surface area contributed by atoms with E-state index in [0.29, 0.717) is 13.0 Å². The first kappa shape index (κ1) is 26.3. The van der Waals surface area contributed by atoms with Crippen LogP contribution in [0, 0.1) is 17.3 Å². The van der Waals surface area contributed by atoms with Crippen LogP contribution in [0.15, 0.2) is 35.3 Å². The van der Waals surface area contributed by atoms with Crippen molar-refractivity contribution in [2.75, 3.05) is 7.11 Å². The second-order valence-corrected chi connectivity index (χ2v) is 9.98. The van der Waals surface area contributed by atoms with E-state index in [-0.39, 0.29) is 11.8 Å². The number of ether oxygens (including phenoxy) is 1. The molecule has 0 saturated heterocycles. The Labute approximate surface area is 195 Å². The first-order valence-corrected chi connectivity index (χ1v) is 12.6. The monoisotopic (exact) mass is 441 g/mol. The highest BCUT2D eigenvalue weighted by Crippen LogP contribution is 2.46. The van der Waals surface area contributed by atoms with E-state index in [9.17, 15) is 9.59 Å². The lowest BCUT2D eigenvalue weighted by atomic mass is 9.76. The molecule has 0 aromatic heterocycles. The number of aliphatic imine (C=N–C) groups is 1. The standard InChI is InChI=1S/C28H43NO3/c1-5-6-7-8-9-10-11-12-16-19-23(29-21-22-17-14-13-15-18-22)25-24(30)20-28(2,3)26(25)27(31)32-4/h13-15,17-18,25-26H,5-12,16,19-21H2,1-4H3/b29-23+. The molecule has 1 aliphatic rings. The molecule has 1 aromatic rings. The summed E-state index contributed by atoms with van der Waals surface area (Å²) in [6.07, 6.45) is 12.5. The summed E-state index contributed by atoms with van der Waals surface area (Å²) < 4.78 is 5.11. The number of Topliss-reactive ketones (excluding diaryl/α,β-unsaturated/α-hetero) is 1. The summed E-state index contributed by atoms with van der Waals surface area (Å²) >= 11 is 0. The largest absolute Gasteiger partial charge is 0.469 e. The molecule has 2 unspecified atom stereocenters. The number of benzene rings is 1. The molecular weight excluding hydrogens is 398 g/mol. The SMILES string of the molecule is CCCCCCCCCCC/C(=N\Cc1ccccc1)C1C(=O)CC(C)(C)C1C(=O)OC. The molecule has 4 heteroatoms. The van der Waals surface area contributed by atoms with Gasteiger partial charge in [0.1, 0.15) is 5.78 Å². The number of hydrogen-bond acceptors (Lipinski definition) is 4. The van der Waals surface area contributed by atoms with Crippen molar-refractivity contribution in [1.82, 2.24) is 0 Å². The molecule has 1 saturated carbocycles. The fraction of sp³-hybridized carbons (Fsp3) is 0.679. The van der Waals surface area contributed by atoms with Crippen LogP contribution in [0.5, 0.6) is 0 Å². The van der Waals surface area contributed by atoms with Crippen LogP contribution in [-0.2, 0) is 20.9 Å². The highest BCUT2D eigenvalue weighted by atomic mass is 16.5. The summed E-state index contributed by atoms with van der Waals surface area (Å²) in [5.41, 5.74) is 1.61. The van der Waals surface area contributed by atoms with E-state index in [0.717, 1.165) is 30.5 Å². The number of nitrogens with zero attached hydrogens (tertiary/aromatic N) is 1. The maximum atomic E-state index is 13.0. The van der Waals surface area contributed by atoms with Gasteiger partial charge >= 0.3 is 5.97 Å². The molecule has 0 bridgehead atoms. The van der Waals surface area contributed by atoms with Crippen LogP contribution in [0.2, 0.25) is 0 Å². The highest BCUT2D eigenvalue weighted by molar-refractivity contribution is 6.10. The van der Waals surface area contributed by atoms with Crippen LogP contribution >= 0.6 is 0 Å². The van der Waals surface area contributed by atoms with Crippen molar-refractivity contribution in [3.05, 3.63) is 35.9 Å². The fourth-order valence-electron chi connectivity index (χ4n) is 4.99. The van der Waals surface area contributed by atoms with Crippen molar-refractivity contribution in [3.8, 4) is 0 Å². The lowest BCUT2D eigenvalue weighted by Gasteiger charge is -2.28. The smallest absolute Gasteiger partial charge is 0.310 e. The van der Waals surface area contributed by atoms with Crippen molar-refractivity contribution in [2.45, 2.75) is 97.9 Å². The number of rotatable bonds is 14. The molecule has 1 fully saturated rings. The Balaban J connectivity index is 2.04. The molecule has 0 spiro atoms. The van der Waals surface area contributed by atoms with Gasteiger partial charge in [-0.25, -0.2) is 0 Å². The van der Waals surface area contributed by atoms with Crippen LogP contribution in [-0.4, -0.2) is 24.6 Å². The van der Waals surface area contributed by atoms with Gasteiger partial charge in [0.05, 0.1) is 25.5 Å². The van der Waals surface area contributed by atoms with Crippen molar-refractivity contribution < 1.29 is 14.3 Å². The Morgan fingerprint density at radius 2 is 1.59 bits per heavy atom. The van der Waals surface area contributed by atoms with Gasteiger partial charge in [0.15, 0.2) is 0 Å². The molecule has 1 aromatic carbocycles. The quantitative estimate of drug-likeness (QED) is 0.178. The minimum absolute atomic E-state index is 0.133. The summed E-state index contributed by atoms with van der Waals surface area (Å²) in [6, 6.07) is 10.1. The molecule has 0 heterocycles. The average Bonchev–Trinajstić information content (AvgIpc) is 3.02. The van der Waals surface area contributed by atoms with Crippen LogP contribution in [0.25, 0.3) is 0 Å². The number of ketones is 1. The molecule has 178 valence electrons. The van der Waals surface area contributed by atoms with Gasteiger partial charge < -0.3 is 4.74 Å². The van der Waals surface area contributed by atoms with Crippen molar-refractivity contribution >= 4 is 17.5 Å². The van der Waals surface area contributed by atoms with Gasteiger partial charge in [-0.3, -0.25) is 14.6 Å². The van der Waals surface area contributed by atoms with Crippen molar-refractivity contribution in [3.63, 3.8) is 0 Å². The second kappa shape index (κ2) is 13.5. The highest BCUT2D eigenvalue weighted by Gasteiger charge is 2.53. The third-order valence-electron chi connectivity index (χ3n) is 6.81. The zero-order valence-corrected chi connectivity index (χ0v) is 20.7. The summed E-state index contributed by atoms with van der Waals surface area (Å²) in [6.45, 7) is 6.79. The summed E-state index contributed by atoms with van der Waals surface area (Å²) in [4.78, 5) is 30.6. The number of carbonyl (C=O) groups is 2. The number of hydrogen-bond donors (Lipinski definition) is 0. The molecule has 4 nitrogen and oxygen atoms in total. The van der Waals surface area contributed by atoms with E-state index >= 15 is 0 Å². The third-order valence-corrected chi connectivity index (χ3v) is 6.81. The number of unbranched alkanes of at least 4 members (excludes halogenated alkanes) is 8. The van der Waals surface area contributed by atoms with Crippen LogP contribution in [0.4, 0.5) is 0 Å². The topological polar surface area (TPSA) is 55.7 Å². The Kier molecular flexibility index (Phi) is 11.1. The van der Waals surface area contributed by atoms with Crippen LogP contribution in [0.1, 0.15) is 97.0 Å². The molecule has 0 aliphatic heterocycles. The van der Waals surface area contributed by atoms with Crippen LogP contribution < -0.4 is 0 Å². The van der Waals surface area contributed by atoms with E-state index in [2.05, 4.69) is 19.1 Å². The minimum Gasteiger partial charge on any atom is -0.469 e. The van der Waals surface area contributed by atoms with Crippen LogP contribution in [0.3, 0.4) is 0 Å².